The maximum absolute atomic E-state index is 12.4. The largest absolute Gasteiger partial charge is 0.507 e. The van der Waals surface area contributed by atoms with Crippen molar-refractivity contribution in [1.29, 1.82) is 0 Å². The van der Waals surface area contributed by atoms with Crippen molar-refractivity contribution < 1.29 is 9.90 Å². The van der Waals surface area contributed by atoms with Gasteiger partial charge in [0.15, 0.2) is 10.9 Å². The Morgan fingerprint density at radius 1 is 1.24 bits per heavy atom. The number of carbonyl (C=O) groups excluding carboxylic acids is 1. The second kappa shape index (κ2) is 6.58. The van der Waals surface area contributed by atoms with Crippen molar-refractivity contribution in [2.24, 2.45) is 0 Å². The van der Waals surface area contributed by atoms with Crippen LogP contribution >= 0.6 is 27.7 Å². The minimum Gasteiger partial charge on any atom is -0.507 e. The highest BCUT2D eigenvalue weighted by molar-refractivity contribution is 9.10. The van der Waals surface area contributed by atoms with Crippen LogP contribution in [0.2, 0.25) is 0 Å². The number of phenolic OH excluding ortho intramolecular Hbond substituents is 1. The van der Waals surface area contributed by atoms with Crippen LogP contribution in [0.3, 0.4) is 0 Å². The van der Waals surface area contributed by atoms with Crippen molar-refractivity contribution in [2.45, 2.75) is 31.2 Å². The third kappa shape index (κ3) is 4.04. The molecule has 0 spiro atoms. The molecule has 0 saturated heterocycles. The number of ketones is 1. The summed E-state index contributed by atoms with van der Waals surface area (Å²) in [5.41, 5.74) is 2.04. The van der Waals surface area contributed by atoms with Crippen LogP contribution in [-0.2, 0) is 0 Å². The fraction of sp³-hybridized carbons (Fsp3) is 0.267. The Bertz CT molecular complexity index is 671. The van der Waals surface area contributed by atoms with Crippen LogP contribution in [0, 0.1) is 13.8 Å². The van der Waals surface area contributed by atoms with Crippen LogP contribution in [0.25, 0.3) is 0 Å². The van der Waals surface area contributed by atoms with Crippen LogP contribution in [0.5, 0.6) is 5.75 Å². The molecule has 1 atom stereocenters. The molecule has 1 heterocycles. The van der Waals surface area contributed by atoms with Crippen molar-refractivity contribution in [2.75, 3.05) is 0 Å². The first-order chi connectivity index (χ1) is 9.86. The molecule has 1 N–H and O–H groups in total. The SMILES string of the molecule is Cc1cc(C)nc(S[C@H](C)C(=O)c2cc(Br)ccc2O)n1. The van der Waals surface area contributed by atoms with E-state index in [1.54, 1.807) is 19.1 Å². The number of hydrogen-bond acceptors (Lipinski definition) is 5. The maximum Gasteiger partial charge on any atom is 0.188 e. The van der Waals surface area contributed by atoms with Gasteiger partial charge in [-0.15, -0.1) is 0 Å². The average Bonchev–Trinajstić information content (AvgIpc) is 2.39. The summed E-state index contributed by atoms with van der Waals surface area (Å²) in [4.78, 5) is 21.1. The average molecular weight is 367 g/mol. The van der Waals surface area contributed by atoms with Crippen molar-refractivity contribution in [3.63, 3.8) is 0 Å². The van der Waals surface area contributed by atoms with E-state index in [1.165, 1.54) is 17.8 Å². The van der Waals surface area contributed by atoms with E-state index in [4.69, 9.17) is 0 Å². The number of hydrogen-bond donors (Lipinski definition) is 1. The molecule has 0 aliphatic rings. The van der Waals surface area contributed by atoms with Gasteiger partial charge >= 0.3 is 0 Å². The molecule has 4 nitrogen and oxygen atoms in total. The molecule has 0 bridgehead atoms. The number of rotatable bonds is 4. The predicted molar refractivity (Wildman–Crippen MR) is 87.0 cm³/mol. The van der Waals surface area contributed by atoms with Crippen LogP contribution in [-0.4, -0.2) is 26.1 Å². The standard InChI is InChI=1S/C15H15BrN2O2S/c1-8-6-9(2)18-15(17-8)21-10(3)14(20)12-7-11(16)4-5-13(12)19/h4-7,10,19H,1-3H3/t10-/m1/s1. The van der Waals surface area contributed by atoms with Crippen LogP contribution in [0.15, 0.2) is 33.9 Å². The second-order valence-corrected chi connectivity index (χ2v) is 6.94. The number of halogens is 1. The predicted octanol–water partition coefficient (Wildman–Crippen LogP) is 3.93. The molecule has 0 unspecified atom stereocenters. The van der Waals surface area contributed by atoms with Gasteiger partial charge in [-0.2, -0.15) is 0 Å². The number of thioether (sulfide) groups is 1. The minimum absolute atomic E-state index is 0.0167. The van der Waals surface area contributed by atoms with Gasteiger partial charge in [0, 0.05) is 15.9 Å². The number of Topliss-reactive ketones (excluding diaryl/α,β-unsaturated/α-hetero) is 1. The van der Waals surface area contributed by atoms with E-state index in [0.717, 1.165) is 15.9 Å². The molecule has 2 rings (SSSR count). The molecule has 0 aliphatic carbocycles. The van der Waals surface area contributed by atoms with E-state index in [-0.39, 0.29) is 16.8 Å². The molecule has 0 radical (unpaired) electrons. The smallest absolute Gasteiger partial charge is 0.188 e. The van der Waals surface area contributed by atoms with E-state index in [0.29, 0.717) is 10.7 Å². The monoisotopic (exact) mass is 366 g/mol. The van der Waals surface area contributed by atoms with Gasteiger partial charge in [-0.3, -0.25) is 4.79 Å². The lowest BCUT2D eigenvalue weighted by atomic mass is 10.1. The second-order valence-electron chi connectivity index (χ2n) is 4.72. The van der Waals surface area contributed by atoms with E-state index < -0.39 is 0 Å². The van der Waals surface area contributed by atoms with Crippen molar-refractivity contribution in [3.8, 4) is 5.75 Å². The summed E-state index contributed by atoms with van der Waals surface area (Å²) >= 11 is 4.60. The van der Waals surface area contributed by atoms with Gasteiger partial charge in [0.25, 0.3) is 0 Å². The summed E-state index contributed by atoms with van der Waals surface area (Å²) in [6.07, 6.45) is 0. The first-order valence-electron chi connectivity index (χ1n) is 6.38. The van der Waals surface area contributed by atoms with Crippen molar-refractivity contribution >= 4 is 33.5 Å². The molecule has 1 aromatic carbocycles. The van der Waals surface area contributed by atoms with Gasteiger partial charge in [-0.1, -0.05) is 27.7 Å². The van der Waals surface area contributed by atoms with Gasteiger partial charge in [-0.25, -0.2) is 9.97 Å². The molecular formula is C15H15BrN2O2S. The summed E-state index contributed by atoms with van der Waals surface area (Å²) in [7, 11) is 0. The number of nitrogens with zero attached hydrogens (tertiary/aromatic N) is 2. The van der Waals surface area contributed by atoms with Crippen molar-refractivity contribution in [3.05, 3.63) is 45.7 Å². The quantitative estimate of drug-likeness (QED) is 0.504. The Morgan fingerprint density at radius 2 is 1.86 bits per heavy atom. The van der Waals surface area contributed by atoms with Gasteiger partial charge < -0.3 is 5.11 Å². The zero-order valence-corrected chi connectivity index (χ0v) is 14.3. The highest BCUT2D eigenvalue weighted by Crippen LogP contribution is 2.28. The Kier molecular flexibility index (Phi) is 5.00. The van der Waals surface area contributed by atoms with E-state index in [1.807, 2.05) is 19.9 Å². The first kappa shape index (κ1) is 16.0. The van der Waals surface area contributed by atoms with E-state index in [9.17, 15) is 9.90 Å². The zero-order valence-electron chi connectivity index (χ0n) is 11.9. The highest BCUT2D eigenvalue weighted by Gasteiger charge is 2.21. The van der Waals surface area contributed by atoms with Gasteiger partial charge in [-0.05, 0) is 45.0 Å². The summed E-state index contributed by atoms with van der Waals surface area (Å²) in [5.74, 6) is -0.168. The first-order valence-corrected chi connectivity index (χ1v) is 8.06. The molecule has 6 heteroatoms. The third-order valence-corrected chi connectivity index (χ3v) is 4.29. The zero-order chi connectivity index (χ0) is 15.6. The minimum atomic E-state index is -0.383. The molecule has 0 aliphatic heterocycles. The molecule has 2 aromatic rings. The van der Waals surface area contributed by atoms with E-state index in [2.05, 4.69) is 25.9 Å². The normalized spacial score (nSPS) is 12.2. The lowest BCUT2D eigenvalue weighted by Crippen LogP contribution is -2.14. The highest BCUT2D eigenvalue weighted by atomic mass is 79.9. The topological polar surface area (TPSA) is 63.1 Å². The molecule has 21 heavy (non-hydrogen) atoms. The van der Waals surface area contributed by atoms with Gasteiger partial charge in [0.05, 0.1) is 10.8 Å². The fourth-order valence-electron chi connectivity index (χ4n) is 1.88. The van der Waals surface area contributed by atoms with Crippen LogP contribution < -0.4 is 0 Å². The third-order valence-electron chi connectivity index (χ3n) is 2.84. The molecule has 0 fully saturated rings. The Balaban J connectivity index is 2.21. The fourth-order valence-corrected chi connectivity index (χ4v) is 3.19. The molecule has 110 valence electrons. The number of carbonyl (C=O) groups is 1. The van der Waals surface area contributed by atoms with E-state index >= 15 is 0 Å². The summed E-state index contributed by atoms with van der Waals surface area (Å²) in [5, 5.41) is 10.0. The Hall–Kier alpha value is -1.40. The van der Waals surface area contributed by atoms with Gasteiger partial charge in [0.1, 0.15) is 5.75 Å². The molecule has 0 saturated carbocycles. The Labute approximate surface area is 136 Å². The molecule has 1 aromatic heterocycles. The Morgan fingerprint density at radius 3 is 2.48 bits per heavy atom. The van der Waals surface area contributed by atoms with Gasteiger partial charge in [0.2, 0.25) is 0 Å². The number of phenols is 1. The molecular weight excluding hydrogens is 352 g/mol. The number of benzene rings is 1. The van der Waals surface area contributed by atoms with Crippen molar-refractivity contribution in [1.82, 2.24) is 9.97 Å². The summed E-state index contributed by atoms with van der Waals surface area (Å²) < 4.78 is 0.753. The number of aromatic hydroxyl groups is 1. The molecule has 0 amide bonds. The van der Waals surface area contributed by atoms with Crippen LogP contribution in [0.4, 0.5) is 0 Å². The van der Waals surface area contributed by atoms with Crippen LogP contribution in [0.1, 0.15) is 28.7 Å². The number of aromatic nitrogens is 2. The summed E-state index contributed by atoms with van der Waals surface area (Å²) in [6.45, 7) is 5.57. The summed E-state index contributed by atoms with van der Waals surface area (Å²) in [6, 6.07) is 6.70. The maximum atomic E-state index is 12.4. The number of aryl methyl sites for hydroxylation is 2. The lowest BCUT2D eigenvalue weighted by molar-refractivity contribution is 0.0991. The lowest BCUT2D eigenvalue weighted by Gasteiger charge is -2.11.